The van der Waals surface area contributed by atoms with Crippen LogP contribution in [-0.4, -0.2) is 57.2 Å². The molecule has 26 heteroatoms. The summed E-state index contributed by atoms with van der Waals surface area (Å²) in [7, 11) is -14.6. The average Bonchev–Trinajstić information content (AvgIpc) is 3.12. The second kappa shape index (κ2) is 21.3. The zero-order valence-corrected chi connectivity index (χ0v) is 39.8. The summed E-state index contributed by atoms with van der Waals surface area (Å²) in [5, 5.41) is 44.0. The van der Waals surface area contributed by atoms with Crippen LogP contribution in [-0.2, 0) is 49.0 Å². The summed E-state index contributed by atoms with van der Waals surface area (Å²) >= 11 is 0.272. The van der Waals surface area contributed by atoms with E-state index in [9.17, 15) is 54.3 Å². The zero-order chi connectivity index (χ0) is 40.3. The molecule has 0 saturated heterocycles. The van der Waals surface area contributed by atoms with E-state index in [0.29, 0.717) is 16.9 Å². The Labute approximate surface area is 400 Å². The molecule has 5 rings (SSSR count). The Kier molecular flexibility index (Phi) is 19.0. The van der Waals surface area contributed by atoms with Gasteiger partial charge in [0.15, 0.2) is 21.4 Å². The number of phenolic OH excluding ortho intramolecular Hbond substituents is 1. The predicted molar refractivity (Wildman–Crippen MR) is 189 cm³/mol. The van der Waals surface area contributed by atoms with Gasteiger partial charge in [0.2, 0.25) is 6.04 Å². The van der Waals surface area contributed by atoms with E-state index >= 15 is 0 Å². The third kappa shape index (κ3) is 12.1. The molecule has 1 amide bonds. The van der Waals surface area contributed by atoms with Gasteiger partial charge in [0.25, 0.3) is 5.91 Å². The minimum absolute atomic E-state index is 0. The summed E-state index contributed by atoms with van der Waals surface area (Å²) in [5.41, 5.74) is -1.36. The Hall–Kier alpha value is -2.50. The van der Waals surface area contributed by atoms with E-state index in [0.717, 1.165) is 19.1 Å². The number of Topliss-reactive ketones (excluding diaryl/α,β-unsaturated/α-hetero) is 1. The molecule has 0 fully saturated rings. The van der Waals surface area contributed by atoms with Crippen LogP contribution in [0, 0.1) is 0 Å². The summed E-state index contributed by atoms with van der Waals surface area (Å²) < 4.78 is 101. The molecule has 0 aliphatic carbocycles. The molecule has 0 aromatic heterocycles. The molecule has 2 N–H and O–H groups in total. The molecule has 5 aromatic carbocycles. The van der Waals surface area contributed by atoms with Crippen LogP contribution in [0.5, 0.6) is 5.75 Å². The van der Waals surface area contributed by atoms with Crippen LogP contribution >= 0.6 is 12.0 Å². The van der Waals surface area contributed by atoms with Crippen molar-refractivity contribution in [2.24, 2.45) is 20.5 Å². The van der Waals surface area contributed by atoms with Crippen LogP contribution in [0.3, 0.4) is 0 Å². The van der Waals surface area contributed by atoms with Crippen LogP contribution in [0.4, 0.5) is 22.7 Å². The maximum absolute atomic E-state index is 13.2. The fourth-order valence-electron chi connectivity index (χ4n) is 5.02. The number of hydrogen-bond donors (Lipinski definition) is 2. The monoisotopic (exact) mass is 897 g/mol. The van der Waals surface area contributed by atoms with Gasteiger partial charge in [0, 0.05) is 21.9 Å². The minimum atomic E-state index is -5.33. The van der Waals surface area contributed by atoms with Gasteiger partial charge in [-0.25, -0.2) is 25.3 Å². The molecule has 0 radical (unpaired) electrons. The van der Waals surface area contributed by atoms with Crippen molar-refractivity contribution in [3.8, 4) is 5.75 Å². The second-order valence-electron chi connectivity index (χ2n) is 11.0. The number of nitrogens with one attached hydrogen (secondary N) is 1. The number of rotatable bonds is 14. The molecule has 0 saturated carbocycles. The van der Waals surface area contributed by atoms with E-state index < -0.39 is 73.9 Å². The zero-order valence-electron chi connectivity index (χ0n) is 30.5. The maximum atomic E-state index is 13.2. The SMILES string of the molecule is C=CS(=O)(=O)c1ccc(N=NC(C(C)=O)C(=O)Nc2ccc3c(O)c(N=Nc4ccc5ccccc5c4S(=O)(=O)[O-])c(SOO[O-])cc3c2)c(S(=O)(=O)[O-])c1.[Na+].[Na+].[Na+]. The number of carbonyl (C=O) groups is 2. The number of phenols is 1. The minimum Gasteiger partial charge on any atom is -0.744 e. The number of azo groups is 2. The third-order valence-corrected chi connectivity index (χ3v) is 11.3. The Balaban J connectivity index is 0.00000387. The van der Waals surface area contributed by atoms with Crippen LogP contribution < -0.4 is 99.2 Å². The molecule has 5 aromatic rings. The first-order valence-corrected chi connectivity index (χ1v) is 20.0. The van der Waals surface area contributed by atoms with Crippen LogP contribution in [0.15, 0.2) is 131 Å². The Morgan fingerprint density at radius 1 is 0.828 bits per heavy atom. The van der Waals surface area contributed by atoms with E-state index in [4.69, 9.17) is 0 Å². The summed E-state index contributed by atoms with van der Waals surface area (Å²) in [6, 6.07) is 14.5. The van der Waals surface area contributed by atoms with E-state index in [1.807, 2.05) is 0 Å². The van der Waals surface area contributed by atoms with Gasteiger partial charge in [0.05, 0.1) is 31.6 Å². The van der Waals surface area contributed by atoms with E-state index in [1.165, 1.54) is 48.5 Å². The van der Waals surface area contributed by atoms with Crippen molar-refractivity contribution in [1.29, 1.82) is 0 Å². The Morgan fingerprint density at radius 3 is 2.12 bits per heavy atom. The summed E-state index contributed by atoms with van der Waals surface area (Å²) in [6.07, 6.45) is 0. The first kappa shape index (κ1) is 51.6. The van der Waals surface area contributed by atoms with E-state index in [1.54, 1.807) is 12.1 Å². The molecule has 0 spiro atoms. The molecule has 0 bridgehead atoms. The number of nitrogens with zero attached hydrogens (tertiary/aromatic N) is 4. The predicted octanol–water partition coefficient (Wildman–Crippen LogP) is -4.24. The smallest absolute Gasteiger partial charge is 0.744 e. The van der Waals surface area contributed by atoms with Gasteiger partial charge in [0.1, 0.15) is 37.3 Å². The van der Waals surface area contributed by atoms with Crippen LogP contribution in [0.25, 0.3) is 21.5 Å². The molecule has 0 aliphatic rings. The van der Waals surface area contributed by atoms with Crippen molar-refractivity contribution in [2.75, 3.05) is 5.32 Å². The second-order valence-corrected chi connectivity index (χ2v) is 16.3. The number of anilines is 1. The average molecular weight is 898 g/mol. The number of hydrogen-bond acceptors (Lipinski definition) is 19. The summed E-state index contributed by atoms with van der Waals surface area (Å²) in [6.45, 7) is 4.09. The van der Waals surface area contributed by atoms with Gasteiger partial charge in [-0.1, -0.05) is 36.9 Å². The Bertz CT molecular complexity index is 2810. The van der Waals surface area contributed by atoms with Gasteiger partial charge >= 0.3 is 88.7 Å². The molecule has 286 valence electrons. The standard InChI is InChI=1S/C32H25N5O14S4.3Na/c1-3-53(42,43)21-10-13-24(27(16-21)54(44,45)46)34-36-28(17(2)38)32(40)33-20-9-11-22-19(14-20)15-26(52-51-50-41)29(30(22)39)37-35-25-12-8-18-6-4-5-7-23(18)31(25)55(47,48)49;;;/h3-16,28,39,41H,1H2,2H3,(H,33,40)(H,44,45,46)(H,47,48,49);;;/q;3*+1/p-3. The van der Waals surface area contributed by atoms with Gasteiger partial charge in [-0.15, -0.1) is 10.2 Å². The molecule has 0 aliphatic heterocycles. The van der Waals surface area contributed by atoms with Crippen molar-refractivity contribution in [3.05, 3.63) is 90.8 Å². The van der Waals surface area contributed by atoms with Crippen molar-refractivity contribution in [1.82, 2.24) is 0 Å². The summed E-state index contributed by atoms with van der Waals surface area (Å²) in [4.78, 5) is 23.1. The van der Waals surface area contributed by atoms with E-state index in [-0.39, 0.29) is 139 Å². The molecular formula is C32H22N5Na3O14S4. The maximum Gasteiger partial charge on any atom is 1.00 e. The van der Waals surface area contributed by atoms with Crippen LogP contribution in [0.2, 0.25) is 0 Å². The third-order valence-electron chi connectivity index (χ3n) is 7.50. The van der Waals surface area contributed by atoms with E-state index in [2.05, 4.69) is 41.7 Å². The number of carbonyl (C=O) groups excluding carboxylic acids is 2. The fraction of sp³-hybridized carbons (Fsp3) is 0.0625. The van der Waals surface area contributed by atoms with Crippen molar-refractivity contribution >= 4 is 98.1 Å². The van der Waals surface area contributed by atoms with Gasteiger partial charge < -0.3 is 24.8 Å². The molecule has 1 unspecified atom stereocenters. The molecular weight excluding hydrogens is 876 g/mol. The fourth-order valence-corrected chi connectivity index (χ4v) is 7.77. The first-order valence-electron chi connectivity index (χ1n) is 14.9. The Morgan fingerprint density at radius 2 is 1.50 bits per heavy atom. The number of ketones is 1. The summed E-state index contributed by atoms with van der Waals surface area (Å²) in [5.74, 6) is -2.53. The number of aromatic hydroxyl groups is 1. The number of sulfone groups is 1. The number of benzene rings is 5. The van der Waals surface area contributed by atoms with Gasteiger partial charge in [-0.2, -0.15) is 14.6 Å². The largest absolute Gasteiger partial charge is 1.00 e. The van der Waals surface area contributed by atoms with Crippen molar-refractivity contribution in [2.45, 2.75) is 32.5 Å². The number of amides is 1. The number of fused-ring (bicyclic) bond motifs is 2. The van der Waals surface area contributed by atoms with Crippen LogP contribution in [0.1, 0.15) is 6.92 Å². The molecule has 19 nitrogen and oxygen atoms in total. The van der Waals surface area contributed by atoms with Gasteiger partial charge in [-0.3, -0.25) is 14.6 Å². The molecule has 58 heavy (non-hydrogen) atoms. The topological polar surface area (TPSA) is 306 Å². The van der Waals surface area contributed by atoms with Crippen molar-refractivity contribution < 1.29 is 152 Å². The van der Waals surface area contributed by atoms with Crippen molar-refractivity contribution in [3.63, 3.8) is 0 Å². The van der Waals surface area contributed by atoms with Gasteiger partial charge in [-0.05, 0) is 66.2 Å². The normalized spacial score (nSPS) is 12.4. The molecule has 1 atom stereocenters. The quantitative estimate of drug-likeness (QED) is 0.0203. The first-order chi connectivity index (χ1) is 25.8. The molecule has 0 heterocycles.